The summed E-state index contributed by atoms with van der Waals surface area (Å²) in [5, 5.41) is 6.30. The van der Waals surface area contributed by atoms with E-state index in [1.807, 2.05) is 60.9 Å². The molecule has 0 fully saturated rings. The molecule has 0 unspecified atom stereocenters. The van der Waals surface area contributed by atoms with Crippen molar-refractivity contribution in [3.05, 3.63) is 58.5 Å². The third-order valence-electron chi connectivity index (χ3n) is 4.88. The smallest absolute Gasteiger partial charge is 0.296 e. The molecule has 2 aromatic carbocycles. The summed E-state index contributed by atoms with van der Waals surface area (Å²) in [5.74, 6) is 1.36. The number of nitrogens with zero attached hydrogens (tertiary/aromatic N) is 3. The van der Waals surface area contributed by atoms with Gasteiger partial charge >= 0.3 is 0 Å². The second-order valence-electron chi connectivity index (χ2n) is 6.33. The van der Waals surface area contributed by atoms with Gasteiger partial charge in [0.15, 0.2) is 0 Å². The van der Waals surface area contributed by atoms with Crippen LogP contribution >= 0.6 is 0 Å². The molecular formula is C21H21N3O3. The van der Waals surface area contributed by atoms with Gasteiger partial charge in [-0.25, -0.2) is 0 Å². The molecule has 138 valence electrons. The van der Waals surface area contributed by atoms with Crippen molar-refractivity contribution < 1.29 is 9.47 Å². The van der Waals surface area contributed by atoms with E-state index in [2.05, 4.69) is 5.10 Å². The standard InChI is InChI=1S/C21H21N3O3/c1-5-23-16-11-15(26-3)12-17(27-4)19(16)18-13(2)22-24(21(25)20(18)23)14-9-7-6-8-10-14/h6-12H,5H2,1-4H3. The van der Waals surface area contributed by atoms with Gasteiger partial charge < -0.3 is 14.0 Å². The van der Waals surface area contributed by atoms with Crippen molar-refractivity contribution in [1.82, 2.24) is 14.3 Å². The summed E-state index contributed by atoms with van der Waals surface area (Å²) in [5.41, 5.74) is 2.88. The van der Waals surface area contributed by atoms with E-state index in [-0.39, 0.29) is 5.56 Å². The van der Waals surface area contributed by atoms with E-state index < -0.39 is 0 Å². The van der Waals surface area contributed by atoms with Crippen molar-refractivity contribution >= 4 is 21.8 Å². The van der Waals surface area contributed by atoms with Crippen LogP contribution in [0.3, 0.4) is 0 Å². The van der Waals surface area contributed by atoms with Crippen LogP contribution in [0.25, 0.3) is 27.5 Å². The third-order valence-corrected chi connectivity index (χ3v) is 4.88. The topological polar surface area (TPSA) is 58.3 Å². The number of aromatic nitrogens is 3. The first-order chi connectivity index (χ1) is 13.1. The fourth-order valence-electron chi connectivity index (χ4n) is 3.69. The van der Waals surface area contributed by atoms with Crippen LogP contribution in [0.5, 0.6) is 11.5 Å². The molecular weight excluding hydrogens is 342 g/mol. The largest absolute Gasteiger partial charge is 0.497 e. The third kappa shape index (κ3) is 2.48. The van der Waals surface area contributed by atoms with E-state index in [9.17, 15) is 4.79 Å². The Labute approximate surface area is 156 Å². The maximum Gasteiger partial charge on any atom is 0.296 e. The quantitative estimate of drug-likeness (QED) is 0.555. The summed E-state index contributed by atoms with van der Waals surface area (Å²) in [4.78, 5) is 13.4. The molecule has 0 amide bonds. The molecule has 0 aliphatic heterocycles. The van der Waals surface area contributed by atoms with Crippen LogP contribution in [0, 0.1) is 6.92 Å². The molecule has 2 aromatic heterocycles. The Morgan fingerprint density at radius 1 is 1.04 bits per heavy atom. The van der Waals surface area contributed by atoms with Gasteiger partial charge in [-0.05, 0) is 26.0 Å². The minimum Gasteiger partial charge on any atom is -0.497 e. The Morgan fingerprint density at radius 3 is 2.41 bits per heavy atom. The molecule has 6 heteroatoms. The molecule has 2 heterocycles. The monoisotopic (exact) mass is 363 g/mol. The van der Waals surface area contributed by atoms with Crippen molar-refractivity contribution in [1.29, 1.82) is 0 Å². The Kier molecular flexibility index (Phi) is 4.11. The summed E-state index contributed by atoms with van der Waals surface area (Å²) < 4.78 is 14.5. The number of methoxy groups -OCH3 is 2. The Bertz CT molecular complexity index is 1210. The molecule has 0 atom stereocenters. The van der Waals surface area contributed by atoms with Crippen molar-refractivity contribution in [2.45, 2.75) is 20.4 Å². The maximum atomic E-state index is 13.4. The van der Waals surface area contributed by atoms with Crippen molar-refractivity contribution in [3.63, 3.8) is 0 Å². The highest BCUT2D eigenvalue weighted by atomic mass is 16.5. The molecule has 0 radical (unpaired) electrons. The first-order valence-corrected chi connectivity index (χ1v) is 8.84. The van der Waals surface area contributed by atoms with Crippen LogP contribution in [0.15, 0.2) is 47.3 Å². The van der Waals surface area contributed by atoms with Gasteiger partial charge in [0.25, 0.3) is 5.56 Å². The second kappa shape index (κ2) is 6.46. The average molecular weight is 363 g/mol. The highest BCUT2D eigenvalue weighted by Crippen LogP contribution is 2.38. The SMILES string of the molecule is CCn1c2cc(OC)cc(OC)c2c2c(C)nn(-c3ccccc3)c(=O)c21. The van der Waals surface area contributed by atoms with E-state index >= 15 is 0 Å². The number of para-hydroxylation sites is 1. The molecule has 0 aliphatic carbocycles. The minimum atomic E-state index is -0.152. The number of fused-ring (bicyclic) bond motifs is 3. The number of ether oxygens (including phenoxy) is 2. The summed E-state index contributed by atoms with van der Waals surface area (Å²) in [7, 11) is 3.24. The minimum absolute atomic E-state index is 0.152. The highest BCUT2D eigenvalue weighted by molar-refractivity contribution is 6.12. The molecule has 0 saturated carbocycles. The lowest BCUT2D eigenvalue weighted by Crippen LogP contribution is -2.24. The van der Waals surface area contributed by atoms with Gasteiger partial charge in [-0.15, -0.1) is 0 Å². The van der Waals surface area contributed by atoms with Crippen LogP contribution in [-0.2, 0) is 6.54 Å². The van der Waals surface area contributed by atoms with Gasteiger partial charge in [0, 0.05) is 24.1 Å². The van der Waals surface area contributed by atoms with E-state index in [4.69, 9.17) is 9.47 Å². The molecule has 0 aliphatic rings. The zero-order valence-corrected chi connectivity index (χ0v) is 15.8. The van der Waals surface area contributed by atoms with Gasteiger partial charge in [-0.2, -0.15) is 9.78 Å². The van der Waals surface area contributed by atoms with Gasteiger partial charge in [0.2, 0.25) is 0 Å². The summed E-state index contributed by atoms with van der Waals surface area (Å²) in [6.45, 7) is 4.58. The fraction of sp³-hybridized carbons (Fsp3) is 0.238. The van der Waals surface area contributed by atoms with Crippen LogP contribution in [0.2, 0.25) is 0 Å². The molecule has 0 spiro atoms. The predicted molar refractivity (Wildman–Crippen MR) is 106 cm³/mol. The molecule has 27 heavy (non-hydrogen) atoms. The lowest BCUT2D eigenvalue weighted by Gasteiger charge is -2.08. The molecule has 4 aromatic rings. The van der Waals surface area contributed by atoms with Crippen LogP contribution < -0.4 is 15.0 Å². The summed E-state index contributed by atoms with van der Waals surface area (Å²) >= 11 is 0. The molecule has 0 N–H and O–H groups in total. The molecule has 0 saturated heterocycles. The van der Waals surface area contributed by atoms with Crippen LogP contribution in [0.1, 0.15) is 12.6 Å². The van der Waals surface area contributed by atoms with E-state index in [0.717, 1.165) is 27.7 Å². The molecule has 0 bridgehead atoms. The Balaban J connectivity index is 2.22. The van der Waals surface area contributed by atoms with Crippen LogP contribution in [0.4, 0.5) is 0 Å². The predicted octanol–water partition coefficient (Wildman–Crippen LogP) is 3.69. The number of hydrogen-bond donors (Lipinski definition) is 0. The Hall–Kier alpha value is -3.28. The zero-order valence-electron chi connectivity index (χ0n) is 15.8. The zero-order chi connectivity index (χ0) is 19.1. The van der Waals surface area contributed by atoms with Gasteiger partial charge in [0.1, 0.15) is 17.0 Å². The van der Waals surface area contributed by atoms with Gasteiger partial charge in [0.05, 0.1) is 36.5 Å². The fourth-order valence-corrected chi connectivity index (χ4v) is 3.69. The van der Waals surface area contributed by atoms with Crippen molar-refractivity contribution in [3.8, 4) is 17.2 Å². The number of rotatable bonds is 4. The van der Waals surface area contributed by atoms with E-state index in [1.54, 1.807) is 14.2 Å². The first-order valence-electron chi connectivity index (χ1n) is 8.84. The average Bonchev–Trinajstić information content (AvgIpc) is 3.05. The normalized spacial score (nSPS) is 11.3. The Morgan fingerprint density at radius 2 is 1.78 bits per heavy atom. The first kappa shape index (κ1) is 17.1. The lowest BCUT2D eigenvalue weighted by molar-refractivity contribution is 0.398. The highest BCUT2D eigenvalue weighted by Gasteiger charge is 2.22. The van der Waals surface area contributed by atoms with Crippen LogP contribution in [-0.4, -0.2) is 28.6 Å². The molecule has 4 rings (SSSR count). The number of hydrogen-bond acceptors (Lipinski definition) is 4. The maximum absolute atomic E-state index is 13.4. The van der Waals surface area contributed by atoms with Crippen molar-refractivity contribution in [2.24, 2.45) is 0 Å². The number of aryl methyl sites for hydroxylation is 2. The van der Waals surface area contributed by atoms with Gasteiger partial charge in [-0.3, -0.25) is 4.79 Å². The van der Waals surface area contributed by atoms with Gasteiger partial charge in [-0.1, -0.05) is 18.2 Å². The van der Waals surface area contributed by atoms with E-state index in [0.29, 0.717) is 23.6 Å². The lowest BCUT2D eigenvalue weighted by atomic mass is 10.1. The van der Waals surface area contributed by atoms with Crippen molar-refractivity contribution in [2.75, 3.05) is 14.2 Å². The summed E-state index contributed by atoms with van der Waals surface area (Å²) in [6, 6.07) is 13.2. The second-order valence-corrected chi connectivity index (χ2v) is 6.33. The summed E-state index contributed by atoms with van der Waals surface area (Å²) in [6.07, 6.45) is 0. The molecule has 6 nitrogen and oxygen atoms in total. The van der Waals surface area contributed by atoms with E-state index in [1.165, 1.54) is 4.68 Å². The number of benzene rings is 2.